The SMILES string of the molecule is O=C(O)NCCCC#Cc1ccc2c(c1)CN(C1CCC(=O)NC1=O)C2=O. The van der Waals surface area contributed by atoms with Crippen molar-refractivity contribution in [1.29, 1.82) is 0 Å². The summed E-state index contributed by atoms with van der Waals surface area (Å²) < 4.78 is 0. The molecular formula is C19H19N3O5. The maximum absolute atomic E-state index is 12.6. The summed E-state index contributed by atoms with van der Waals surface area (Å²) in [5.41, 5.74) is 2.12. The van der Waals surface area contributed by atoms with Crippen LogP contribution >= 0.6 is 0 Å². The Morgan fingerprint density at radius 1 is 1.33 bits per heavy atom. The van der Waals surface area contributed by atoms with E-state index in [9.17, 15) is 19.2 Å². The third-order valence-corrected chi connectivity index (χ3v) is 4.51. The van der Waals surface area contributed by atoms with E-state index in [1.165, 1.54) is 4.90 Å². The molecule has 1 saturated heterocycles. The summed E-state index contributed by atoms with van der Waals surface area (Å²) in [5, 5.41) is 13.0. The molecular weight excluding hydrogens is 350 g/mol. The monoisotopic (exact) mass is 369 g/mol. The Bertz CT molecular complexity index is 868. The average Bonchev–Trinajstić information content (AvgIpc) is 2.94. The van der Waals surface area contributed by atoms with Crippen LogP contribution < -0.4 is 10.6 Å². The number of piperidine rings is 1. The Hall–Kier alpha value is -3.34. The van der Waals surface area contributed by atoms with Crippen LogP contribution in [0.25, 0.3) is 0 Å². The van der Waals surface area contributed by atoms with E-state index in [0.717, 1.165) is 11.1 Å². The fourth-order valence-electron chi connectivity index (χ4n) is 3.19. The number of imide groups is 1. The second-order valence-corrected chi connectivity index (χ2v) is 6.41. The normalized spacial score (nSPS) is 18.4. The van der Waals surface area contributed by atoms with Crippen molar-refractivity contribution in [2.75, 3.05) is 6.54 Å². The largest absolute Gasteiger partial charge is 0.465 e. The number of unbranched alkanes of at least 4 members (excludes halogenated alkanes) is 1. The van der Waals surface area contributed by atoms with Gasteiger partial charge in [0.15, 0.2) is 0 Å². The molecule has 0 aliphatic carbocycles. The highest BCUT2D eigenvalue weighted by molar-refractivity contribution is 6.05. The summed E-state index contributed by atoms with van der Waals surface area (Å²) in [7, 11) is 0. The van der Waals surface area contributed by atoms with Crippen LogP contribution in [0.15, 0.2) is 18.2 Å². The molecule has 27 heavy (non-hydrogen) atoms. The Kier molecular flexibility index (Phi) is 5.41. The van der Waals surface area contributed by atoms with Crippen molar-refractivity contribution in [2.24, 2.45) is 0 Å². The number of fused-ring (bicyclic) bond motifs is 1. The lowest BCUT2D eigenvalue weighted by Gasteiger charge is -2.29. The molecule has 0 bridgehead atoms. The number of nitrogens with zero attached hydrogens (tertiary/aromatic N) is 1. The van der Waals surface area contributed by atoms with Crippen molar-refractivity contribution >= 4 is 23.8 Å². The minimum Gasteiger partial charge on any atom is -0.465 e. The van der Waals surface area contributed by atoms with Crippen molar-refractivity contribution in [3.63, 3.8) is 0 Å². The Labute approximate surface area is 155 Å². The second kappa shape index (κ2) is 7.91. The van der Waals surface area contributed by atoms with Crippen molar-refractivity contribution in [1.82, 2.24) is 15.5 Å². The summed E-state index contributed by atoms with van der Waals surface area (Å²) in [6, 6.07) is 4.67. The summed E-state index contributed by atoms with van der Waals surface area (Å²) in [6.07, 6.45) is 0.683. The van der Waals surface area contributed by atoms with E-state index in [0.29, 0.717) is 37.9 Å². The second-order valence-electron chi connectivity index (χ2n) is 6.41. The molecule has 2 heterocycles. The van der Waals surface area contributed by atoms with Crippen molar-refractivity contribution in [3.8, 4) is 11.8 Å². The molecule has 2 aliphatic rings. The van der Waals surface area contributed by atoms with Crippen molar-refractivity contribution < 1.29 is 24.3 Å². The van der Waals surface area contributed by atoms with Gasteiger partial charge in [-0.3, -0.25) is 19.7 Å². The molecule has 0 spiro atoms. The Balaban J connectivity index is 1.63. The van der Waals surface area contributed by atoms with Gasteiger partial charge in [0.2, 0.25) is 11.8 Å². The number of nitrogens with one attached hydrogen (secondary N) is 2. The number of carbonyl (C=O) groups is 4. The molecule has 8 nitrogen and oxygen atoms in total. The third kappa shape index (κ3) is 4.26. The van der Waals surface area contributed by atoms with Crippen LogP contribution in [0, 0.1) is 11.8 Å². The van der Waals surface area contributed by atoms with Gasteiger partial charge in [-0.1, -0.05) is 11.8 Å². The topological polar surface area (TPSA) is 116 Å². The summed E-state index contributed by atoms with van der Waals surface area (Å²) in [4.78, 5) is 47.8. The van der Waals surface area contributed by atoms with Gasteiger partial charge in [-0.2, -0.15) is 0 Å². The van der Waals surface area contributed by atoms with Crippen LogP contribution in [0.1, 0.15) is 47.2 Å². The first-order chi connectivity index (χ1) is 13.0. The lowest BCUT2D eigenvalue weighted by Crippen LogP contribution is -2.52. The molecule has 2 aliphatic heterocycles. The number of benzene rings is 1. The van der Waals surface area contributed by atoms with E-state index in [2.05, 4.69) is 22.5 Å². The standard InChI is InChI=1S/C19H19N3O5/c23-16-8-7-15(17(24)21-16)22-11-13-10-12(5-6-14(13)18(22)25)4-2-1-3-9-20-19(26)27/h5-6,10,15,20H,1,3,7-9,11H2,(H,26,27)(H,21,23,24). The summed E-state index contributed by atoms with van der Waals surface area (Å²) in [6.45, 7) is 0.669. The quantitative estimate of drug-likeness (QED) is 0.413. The Morgan fingerprint density at radius 2 is 2.15 bits per heavy atom. The van der Waals surface area contributed by atoms with E-state index >= 15 is 0 Å². The lowest BCUT2D eigenvalue weighted by molar-refractivity contribution is -0.136. The van der Waals surface area contributed by atoms with Gasteiger partial charge in [-0.15, -0.1) is 0 Å². The lowest BCUT2D eigenvalue weighted by atomic mass is 10.0. The molecule has 0 radical (unpaired) electrons. The van der Waals surface area contributed by atoms with E-state index in [4.69, 9.17) is 5.11 Å². The minimum atomic E-state index is -1.05. The molecule has 1 aromatic rings. The van der Waals surface area contributed by atoms with Gasteiger partial charge in [-0.25, -0.2) is 4.79 Å². The van der Waals surface area contributed by atoms with Crippen LogP contribution in [0.2, 0.25) is 0 Å². The maximum atomic E-state index is 12.6. The molecule has 4 amide bonds. The molecule has 3 N–H and O–H groups in total. The maximum Gasteiger partial charge on any atom is 0.404 e. The molecule has 1 aromatic carbocycles. The number of hydrogen-bond acceptors (Lipinski definition) is 4. The van der Waals surface area contributed by atoms with Crippen LogP contribution in [-0.2, 0) is 16.1 Å². The number of hydrogen-bond donors (Lipinski definition) is 3. The first kappa shape index (κ1) is 18.5. The van der Waals surface area contributed by atoms with Gasteiger partial charge in [0.25, 0.3) is 5.91 Å². The van der Waals surface area contributed by atoms with Crippen LogP contribution in [0.5, 0.6) is 0 Å². The number of rotatable bonds is 4. The van der Waals surface area contributed by atoms with Crippen LogP contribution in [-0.4, -0.2) is 46.4 Å². The molecule has 140 valence electrons. The highest BCUT2D eigenvalue weighted by Gasteiger charge is 2.38. The predicted molar refractivity (Wildman–Crippen MR) is 94.6 cm³/mol. The molecule has 8 heteroatoms. The highest BCUT2D eigenvalue weighted by atomic mass is 16.4. The molecule has 0 aromatic heterocycles. The van der Waals surface area contributed by atoms with Gasteiger partial charge in [0.05, 0.1) is 0 Å². The Morgan fingerprint density at radius 3 is 2.89 bits per heavy atom. The third-order valence-electron chi connectivity index (χ3n) is 4.51. The van der Waals surface area contributed by atoms with Gasteiger partial charge in [-0.05, 0) is 36.6 Å². The number of carboxylic acid groups (broad SMARTS) is 1. The average molecular weight is 369 g/mol. The number of amides is 4. The van der Waals surface area contributed by atoms with E-state index < -0.39 is 18.0 Å². The first-order valence-electron chi connectivity index (χ1n) is 8.69. The molecule has 3 rings (SSSR count). The smallest absolute Gasteiger partial charge is 0.404 e. The zero-order chi connectivity index (χ0) is 19.4. The first-order valence-corrected chi connectivity index (χ1v) is 8.69. The van der Waals surface area contributed by atoms with E-state index in [1.807, 2.05) is 6.07 Å². The van der Waals surface area contributed by atoms with Gasteiger partial charge in [0.1, 0.15) is 6.04 Å². The molecule has 1 fully saturated rings. The molecule has 0 saturated carbocycles. The highest BCUT2D eigenvalue weighted by Crippen LogP contribution is 2.28. The van der Waals surface area contributed by atoms with E-state index in [1.54, 1.807) is 12.1 Å². The molecule has 1 atom stereocenters. The van der Waals surface area contributed by atoms with Crippen LogP contribution in [0.3, 0.4) is 0 Å². The van der Waals surface area contributed by atoms with E-state index in [-0.39, 0.29) is 18.2 Å². The van der Waals surface area contributed by atoms with Gasteiger partial charge >= 0.3 is 6.09 Å². The zero-order valence-corrected chi connectivity index (χ0v) is 14.6. The predicted octanol–water partition coefficient (Wildman–Crippen LogP) is 0.847. The summed E-state index contributed by atoms with van der Waals surface area (Å²) >= 11 is 0. The molecule has 1 unspecified atom stereocenters. The summed E-state index contributed by atoms with van der Waals surface area (Å²) in [5.74, 6) is 5.04. The zero-order valence-electron chi connectivity index (χ0n) is 14.6. The fraction of sp³-hybridized carbons (Fsp3) is 0.368. The van der Waals surface area contributed by atoms with Crippen LogP contribution in [0.4, 0.5) is 4.79 Å². The van der Waals surface area contributed by atoms with Crippen molar-refractivity contribution in [2.45, 2.75) is 38.3 Å². The minimum absolute atomic E-state index is 0.209. The number of carbonyl (C=O) groups excluding carboxylic acids is 3. The fourth-order valence-corrected chi connectivity index (χ4v) is 3.19. The van der Waals surface area contributed by atoms with Gasteiger partial charge in [0, 0.05) is 37.1 Å². The van der Waals surface area contributed by atoms with Crippen molar-refractivity contribution in [3.05, 3.63) is 34.9 Å². The van der Waals surface area contributed by atoms with Gasteiger partial charge < -0.3 is 15.3 Å².